The first-order valence-corrected chi connectivity index (χ1v) is 6.84. The fraction of sp³-hybridized carbons (Fsp3) is 0.312. The van der Waals surface area contributed by atoms with Gasteiger partial charge in [0.05, 0.1) is 6.04 Å². The van der Waals surface area contributed by atoms with Crippen molar-refractivity contribution in [1.29, 1.82) is 5.26 Å². The van der Waals surface area contributed by atoms with Crippen molar-refractivity contribution >= 4 is 22.7 Å². The number of aldehydes is 1. The lowest BCUT2D eigenvalue weighted by Gasteiger charge is -2.34. The number of nitrogens with zero attached hydrogens (tertiary/aromatic N) is 3. The third kappa shape index (κ3) is 2.12. The van der Waals surface area contributed by atoms with Crippen molar-refractivity contribution in [3.05, 3.63) is 36.2 Å². The third-order valence-electron chi connectivity index (χ3n) is 3.89. The molecule has 2 heterocycles. The molecule has 1 aliphatic rings. The summed E-state index contributed by atoms with van der Waals surface area (Å²) in [4.78, 5) is 17.4. The lowest BCUT2D eigenvalue weighted by atomic mass is 10.0. The van der Waals surface area contributed by atoms with Crippen molar-refractivity contribution in [3.8, 4) is 6.07 Å². The zero-order valence-corrected chi connectivity index (χ0v) is 11.1. The fourth-order valence-corrected chi connectivity index (χ4v) is 2.85. The lowest BCUT2D eigenvalue weighted by molar-refractivity contribution is -0.109. The van der Waals surface area contributed by atoms with E-state index in [9.17, 15) is 4.79 Å². The molecule has 1 aromatic carbocycles. The summed E-state index contributed by atoms with van der Waals surface area (Å²) in [7, 11) is 0. The standard InChI is InChI=1S/C16H15N3O/c17-10-16-15-5-4-13(9-12(15)6-7-18-16)19-8-2-1-3-14(19)11-20/h4-7,9,11,14H,1-3,8H2. The Morgan fingerprint density at radius 2 is 2.25 bits per heavy atom. The van der Waals surface area contributed by atoms with E-state index < -0.39 is 0 Å². The van der Waals surface area contributed by atoms with E-state index in [-0.39, 0.29) is 6.04 Å². The monoisotopic (exact) mass is 265 g/mol. The van der Waals surface area contributed by atoms with Crippen LogP contribution in [-0.2, 0) is 4.79 Å². The molecular formula is C16H15N3O. The Bertz CT molecular complexity index is 690. The highest BCUT2D eigenvalue weighted by Gasteiger charge is 2.22. The van der Waals surface area contributed by atoms with Crippen LogP contribution in [0.5, 0.6) is 0 Å². The Morgan fingerprint density at radius 3 is 3.05 bits per heavy atom. The van der Waals surface area contributed by atoms with E-state index in [0.29, 0.717) is 5.69 Å². The minimum absolute atomic E-state index is 0.0292. The number of hydrogen-bond acceptors (Lipinski definition) is 4. The molecular weight excluding hydrogens is 250 g/mol. The molecule has 20 heavy (non-hydrogen) atoms. The maximum atomic E-state index is 11.2. The number of carbonyl (C=O) groups excluding carboxylic acids is 1. The largest absolute Gasteiger partial charge is 0.362 e. The number of nitriles is 1. The van der Waals surface area contributed by atoms with Gasteiger partial charge >= 0.3 is 0 Å². The van der Waals surface area contributed by atoms with Crippen LogP contribution in [0.2, 0.25) is 0 Å². The van der Waals surface area contributed by atoms with Crippen LogP contribution in [0.25, 0.3) is 10.8 Å². The number of anilines is 1. The van der Waals surface area contributed by atoms with Gasteiger partial charge < -0.3 is 9.69 Å². The van der Waals surface area contributed by atoms with Gasteiger partial charge in [-0.15, -0.1) is 0 Å². The van der Waals surface area contributed by atoms with Crippen molar-refractivity contribution in [2.24, 2.45) is 0 Å². The minimum Gasteiger partial charge on any atom is -0.362 e. The summed E-state index contributed by atoms with van der Waals surface area (Å²) >= 11 is 0. The molecule has 0 N–H and O–H groups in total. The van der Waals surface area contributed by atoms with E-state index in [0.717, 1.165) is 48.6 Å². The molecule has 3 rings (SSSR count). The Kier molecular flexibility index (Phi) is 3.34. The molecule has 1 unspecified atom stereocenters. The first-order chi connectivity index (χ1) is 9.83. The number of hydrogen-bond donors (Lipinski definition) is 0. The summed E-state index contributed by atoms with van der Waals surface area (Å²) < 4.78 is 0. The Morgan fingerprint density at radius 1 is 1.35 bits per heavy atom. The zero-order chi connectivity index (χ0) is 13.9. The molecule has 100 valence electrons. The fourth-order valence-electron chi connectivity index (χ4n) is 2.85. The number of carbonyl (C=O) groups is 1. The summed E-state index contributed by atoms with van der Waals surface area (Å²) in [5.41, 5.74) is 1.49. The average Bonchev–Trinajstić information content (AvgIpc) is 2.53. The highest BCUT2D eigenvalue weighted by Crippen LogP contribution is 2.28. The van der Waals surface area contributed by atoms with Crippen LogP contribution in [0, 0.1) is 11.3 Å². The smallest absolute Gasteiger partial charge is 0.148 e. The Hall–Kier alpha value is -2.41. The van der Waals surface area contributed by atoms with Crippen molar-refractivity contribution < 1.29 is 4.79 Å². The van der Waals surface area contributed by atoms with Crippen LogP contribution in [0.4, 0.5) is 5.69 Å². The molecule has 1 aromatic heterocycles. The number of piperidine rings is 1. The summed E-state index contributed by atoms with van der Waals surface area (Å²) in [6, 6.07) is 9.92. The van der Waals surface area contributed by atoms with Gasteiger partial charge in [-0.25, -0.2) is 4.98 Å². The van der Waals surface area contributed by atoms with E-state index in [1.807, 2.05) is 24.3 Å². The second-order valence-corrected chi connectivity index (χ2v) is 5.07. The second kappa shape index (κ2) is 5.30. The van der Waals surface area contributed by atoms with Gasteiger partial charge in [-0.1, -0.05) is 0 Å². The van der Waals surface area contributed by atoms with Gasteiger partial charge in [0.15, 0.2) is 0 Å². The van der Waals surface area contributed by atoms with Crippen LogP contribution in [0.3, 0.4) is 0 Å². The summed E-state index contributed by atoms with van der Waals surface area (Å²) in [5, 5.41) is 10.9. The number of benzene rings is 1. The zero-order valence-electron chi connectivity index (χ0n) is 11.1. The van der Waals surface area contributed by atoms with E-state index >= 15 is 0 Å². The van der Waals surface area contributed by atoms with Crippen molar-refractivity contribution in [2.45, 2.75) is 25.3 Å². The summed E-state index contributed by atoms with van der Waals surface area (Å²) in [5.74, 6) is 0. The molecule has 0 spiro atoms. The van der Waals surface area contributed by atoms with E-state index in [2.05, 4.69) is 16.0 Å². The van der Waals surface area contributed by atoms with Crippen molar-refractivity contribution in [3.63, 3.8) is 0 Å². The molecule has 0 amide bonds. The quantitative estimate of drug-likeness (QED) is 0.783. The van der Waals surface area contributed by atoms with Gasteiger partial charge in [-0.3, -0.25) is 0 Å². The summed E-state index contributed by atoms with van der Waals surface area (Å²) in [6.07, 6.45) is 5.83. The number of aromatic nitrogens is 1. The van der Waals surface area contributed by atoms with Gasteiger partial charge in [-0.2, -0.15) is 5.26 Å². The lowest BCUT2D eigenvalue weighted by Crippen LogP contribution is -2.40. The third-order valence-corrected chi connectivity index (χ3v) is 3.89. The van der Waals surface area contributed by atoms with E-state index in [1.54, 1.807) is 6.20 Å². The number of fused-ring (bicyclic) bond motifs is 1. The molecule has 0 saturated carbocycles. The molecule has 0 aliphatic carbocycles. The topological polar surface area (TPSA) is 57.0 Å². The maximum Gasteiger partial charge on any atom is 0.148 e. The maximum absolute atomic E-state index is 11.2. The molecule has 1 saturated heterocycles. The SMILES string of the molecule is N#Cc1nccc2cc(N3CCCCC3C=O)ccc12. The first-order valence-electron chi connectivity index (χ1n) is 6.84. The molecule has 4 nitrogen and oxygen atoms in total. The average molecular weight is 265 g/mol. The van der Waals surface area contributed by atoms with Crippen molar-refractivity contribution in [1.82, 2.24) is 4.98 Å². The van der Waals surface area contributed by atoms with Gasteiger partial charge in [0.2, 0.25) is 0 Å². The Labute approximate surface area is 117 Å². The molecule has 4 heteroatoms. The van der Waals surface area contributed by atoms with Crippen LogP contribution in [0.1, 0.15) is 25.0 Å². The molecule has 1 aliphatic heterocycles. The minimum atomic E-state index is -0.0292. The molecule has 0 radical (unpaired) electrons. The number of pyridine rings is 1. The predicted octanol–water partition coefficient (Wildman–Crippen LogP) is 2.66. The van der Waals surface area contributed by atoms with Crippen LogP contribution >= 0.6 is 0 Å². The highest BCUT2D eigenvalue weighted by atomic mass is 16.1. The highest BCUT2D eigenvalue weighted by molar-refractivity contribution is 5.89. The van der Waals surface area contributed by atoms with Crippen LogP contribution in [-0.4, -0.2) is 23.9 Å². The van der Waals surface area contributed by atoms with E-state index in [1.165, 1.54) is 0 Å². The summed E-state index contributed by atoms with van der Waals surface area (Å²) in [6.45, 7) is 0.908. The second-order valence-electron chi connectivity index (χ2n) is 5.07. The van der Waals surface area contributed by atoms with Gasteiger partial charge in [-0.05, 0) is 48.9 Å². The number of rotatable bonds is 2. The van der Waals surface area contributed by atoms with Crippen LogP contribution in [0.15, 0.2) is 30.5 Å². The van der Waals surface area contributed by atoms with Crippen molar-refractivity contribution in [2.75, 3.05) is 11.4 Å². The van der Waals surface area contributed by atoms with Gasteiger partial charge in [0.25, 0.3) is 0 Å². The van der Waals surface area contributed by atoms with Crippen LogP contribution < -0.4 is 4.90 Å². The first kappa shape index (κ1) is 12.6. The van der Waals surface area contributed by atoms with E-state index in [4.69, 9.17) is 5.26 Å². The Balaban J connectivity index is 2.05. The normalized spacial score (nSPS) is 18.8. The van der Waals surface area contributed by atoms with Gasteiger partial charge in [0.1, 0.15) is 18.0 Å². The molecule has 0 bridgehead atoms. The molecule has 1 fully saturated rings. The molecule has 2 aromatic rings. The van der Waals surface area contributed by atoms with Gasteiger partial charge in [0, 0.05) is 23.8 Å². The predicted molar refractivity (Wildman–Crippen MR) is 77.5 cm³/mol. The molecule has 1 atom stereocenters.